The molecule has 1 aromatic carbocycles. The van der Waals surface area contributed by atoms with Crippen LogP contribution in [0.15, 0.2) is 18.2 Å². The van der Waals surface area contributed by atoms with Crippen LogP contribution in [0.5, 0.6) is 0 Å². The van der Waals surface area contributed by atoms with E-state index in [1.807, 2.05) is 0 Å². The number of benzene rings is 1. The SMILES string of the molecule is COC(=O)CC[C@@H](CO[Si](C)(C)C(C)(C)C)N(C)C(=O)NCc1cccc(F)c1F. The Labute approximate surface area is 179 Å². The van der Waals surface area contributed by atoms with Crippen molar-refractivity contribution in [3.05, 3.63) is 35.4 Å². The van der Waals surface area contributed by atoms with E-state index in [0.717, 1.165) is 6.07 Å². The molecule has 0 heterocycles. The van der Waals surface area contributed by atoms with Gasteiger partial charge in [-0.05, 0) is 30.6 Å². The van der Waals surface area contributed by atoms with E-state index in [2.05, 4.69) is 39.2 Å². The van der Waals surface area contributed by atoms with Gasteiger partial charge in [0.1, 0.15) is 0 Å². The van der Waals surface area contributed by atoms with Gasteiger partial charge in [-0.3, -0.25) is 4.79 Å². The topological polar surface area (TPSA) is 67.9 Å². The summed E-state index contributed by atoms with van der Waals surface area (Å²) >= 11 is 0. The number of ether oxygens (including phenoxy) is 1. The molecule has 0 spiro atoms. The van der Waals surface area contributed by atoms with Crippen LogP contribution in [0, 0.1) is 11.6 Å². The lowest BCUT2D eigenvalue weighted by Gasteiger charge is -2.38. The van der Waals surface area contributed by atoms with Crippen molar-refractivity contribution >= 4 is 20.3 Å². The number of carbonyl (C=O) groups excluding carboxylic acids is 2. The van der Waals surface area contributed by atoms with Gasteiger partial charge in [-0.1, -0.05) is 32.9 Å². The zero-order valence-electron chi connectivity index (χ0n) is 19.0. The third kappa shape index (κ3) is 7.35. The quantitative estimate of drug-likeness (QED) is 0.451. The Bertz CT molecular complexity index is 738. The van der Waals surface area contributed by atoms with E-state index in [9.17, 15) is 18.4 Å². The second-order valence-corrected chi connectivity index (χ2v) is 13.6. The fourth-order valence-corrected chi connectivity index (χ4v) is 3.48. The van der Waals surface area contributed by atoms with Gasteiger partial charge in [-0.25, -0.2) is 13.6 Å². The zero-order valence-corrected chi connectivity index (χ0v) is 20.0. The first-order chi connectivity index (χ1) is 13.8. The van der Waals surface area contributed by atoms with E-state index in [-0.39, 0.29) is 42.2 Å². The van der Waals surface area contributed by atoms with Crippen molar-refractivity contribution in [2.45, 2.75) is 64.3 Å². The number of likely N-dealkylation sites (N-methyl/N-ethyl adjacent to an activating group) is 1. The van der Waals surface area contributed by atoms with Gasteiger partial charge in [0, 0.05) is 25.6 Å². The van der Waals surface area contributed by atoms with Crippen LogP contribution in [-0.2, 0) is 20.5 Å². The highest BCUT2D eigenvalue weighted by molar-refractivity contribution is 6.74. The molecule has 1 atom stereocenters. The third-order valence-electron chi connectivity index (χ3n) is 5.68. The van der Waals surface area contributed by atoms with Crippen LogP contribution in [0.25, 0.3) is 0 Å². The van der Waals surface area contributed by atoms with Crippen molar-refractivity contribution in [2.24, 2.45) is 0 Å². The summed E-state index contributed by atoms with van der Waals surface area (Å²) in [6, 6.07) is 2.97. The molecular weight excluding hydrogens is 410 g/mol. The first-order valence-electron chi connectivity index (χ1n) is 9.94. The maximum Gasteiger partial charge on any atom is 0.317 e. The molecule has 30 heavy (non-hydrogen) atoms. The van der Waals surface area contributed by atoms with E-state index in [1.165, 1.54) is 24.1 Å². The first kappa shape index (κ1) is 26.0. The summed E-state index contributed by atoms with van der Waals surface area (Å²) in [7, 11) is 0.841. The van der Waals surface area contributed by atoms with Gasteiger partial charge in [0.2, 0.25) is 0 Å². The Balaban J connectivity index is 2.83. The van der Waals surface area contributed by atoms with E-state index in [0.29, 0.717) is 6.42 Å². The van der Waals surface area contributed by atoms with Crippen molar-refractivity contribution in [1.82, 2.24) is 10.2 Å². The van der Waals surface area contributed by atoms with Crippen LogP contribution in [0.3, 0.4) is 0 Å². The van der Waals surface area contributed by atoms with Gasteiger partial charge in [0.25, 0.3) is 0 Å². The van der Waals surface area contributed by atoms with E-state index >= 15 is 0 Å². The molecule has 0 aromatic heterocycles. The average Bonchev–Trinajstić information content (AvgIpc) is 2.67. The minimum absolute atomic E-state index is 0.00433. The van der Waals surface area contributed by atoms with Crippen LogP contribution < -0.4 is 5.32 Å². The van der Waals surface area contributed by atoms with Crippen molar-refractivity contribution < 1.29 is 27.5 Å². The summed E-state index contributed by atoms with van der Waals surface area (Å²) in [4.78, 5) is 25.7. The number of urea groups is 1. The lowest BCUT2D eigenvalue weighted by molar-refractivity contribution is -0.141. The lowest BCUT2D eigenvalue weighted by atomic mass is 10.1. The van der Waals surface area contributed by atoms with Gasteiger partial charge in [0.15, 0.2) is 20.0 Å². The minimum Gasteiger partial charge on any atom is -0.469 e. The van der Waals surface area contributed by atoms with Crippen molar-refractivity contribution in [3.8, 4) is 0 Å². The number of amides is 2. The second kappa shape index (κ2) is 10.9. The largest absolute Gasteiger partial charge is 0.469 e. The van der Waals surface area contributed by atoms with Crippen LogP contribution >= 0.6 is 0 Å². The zero-order chi connectivity index (χ0) is 23.1. The van der Waals surface area contributed by atoms with E-state index in [1.54, 1.807) is 7.05 Å². The molecule has 0 unspecified atom stereocenters. The fourth-order valence-electron chi connectivity index (χ4n) is 2.44. The highest BCUT2D eigenvalue weighted by Crippen LogP contribution is 2.36. The molecule has 0 aliphatic heterocycles. The summed E-state index contributed by atoms with van der Waals surface area (Å²) in [5, 5.41) is 2.59. The maximum atomic E-state index is 13.8. The fraction of sp³-hybridized carbons (Fsp3) is 0.619. The molecule has 0 aliphatic carbocycles. The van der Waals surface area contributed by atoms with E-state index in [4.69, 9.17) is 9.16 Å². The summed E-state index contributed by atoms with van der Waals surface area (Å²) in [6.45, 7) is 10.7. The van der Waals surface area contributed by atoms with Crippen molar-refractivity contribution in [1.29, 1.82) is 0 Å². The molecule has 0 radical (unpaired) electrons. The Morgan fingerprint density at radius 3 is 2.43 bits per heavy atom. The van der Waals surface area contributed by atoms with Gasteiger partial charge < -0.3 is 19.4 Å². The highest BCUT2D eigenvalue weighted by Gasteiger charge is 2.38. The number of rotatable bonds is 9. The smallest absolute Gasteiger partial charge is 0.317 e. The molecule has 2 amide bonds. The molecule has 6 nitrogen and oxygen atoms in total. The van der Waals surface area contributed by atoms with Crippen LogP contribution in [0.4, 0.5) is 13.6 Å². The molecule has 170 valence electrons. The molecule has 0 bridgehead atoms. The number of nitrogens with zero attached hydrogens (tertiary/aromatic N) is 1. The molecule has 0 fully saturated rings. The average molecular weight is 445 g/mol. The number of nitrogens with one attached hydrogen (secondary N) is 1. The third-order valence-corrected chi connectivity index (χ3v) is 10.2. The molecule has 0 aliphatic rings. The number of hydrogen-bond donors (Lipinski definition) is 1. The number of carbonyl (C=O) groups is 2. The van der Waals surface area contributed by atoms with E-state index < -0.39 is 26.0 Å². The van der Waals surface area contributed by atoms with Crippen molar-refractivity contribution in [2.75, 3.05) is 20.8 Å². The van der Waals surface area contributed by atoms with Gasteiger partial charge in [-0.15, -0.1) is 0 Å². The van der Waals surface area contributed by atoms with Crippen LogP contribution in [-0.4, -0.2) is 52.0 Å². The highest BCUT2D eigenvalue weighted by atomic mass is 28.4. The predicted octanol–water partition coefficient (Wildman–Crippen LogP) is 4.45. The number of methoxy groups -OCH3 is 1. The standard InChI is InChI=1S/C21H34F2N2O4Si/c1-21(2,3)30(6,7)29-14-16(11-12-18(26)28-5)25(4)20(27)24-13-15-9-8-10-17(22)19(15)23/h8-10,16H,11-14H2,1-7H3,(H,24,27)/t16-/m0/s1. The molecule has 1 rings (SSSR count). The molecule has 0 saturated heterocycles. The first-order valence-corrected chi connectivity index (χ1v) is 12.8. The van der Waals surface area contributed by atoms with Crippen molar-refractivity contribution in [3.63, 3.8) is 0 Å². The summed E-state index contributed by atoms with van der Waals surface area (Å²) < 4.78 is 38.1. The summed E-state index contributed by atoms with van der Waals surface area (Å²) in [5.41, 5.74) is 0.0559. The lowest BCUT2D eigenvalue weighted by Crippen LogP contribution is -2.49. The Morgan fingerprint density at radius 2 is 1.87 bits per heavy atom. The molecular formula is C21H34F2N2O4Si. The predicted molar refractivity (Wildman–Crippen MR) is 115 cm³/mol. The molecule has 0 saturated carbocycles. The molecule has 9 heteroatoms. The Kier molecular flexibility index (Phi) is 9.42. The van der Waals surface area contributed by atoms with Gasteiger partial charge in [0.05, 0.1) is 19.8 Å². The monoisotopic (exact) mass is 444 g/mol. The van der Waals surface area contributed by atoms with Crippen LogP contribution in [0.1, 0.15) is 39.2 Å². The molecule has 1 aromatic rings. The number of hydrogen-bond acceptors (Lipinski definition) is 4. The maximum absolute atomic E-state index is 13.8. The minimum atomic E-state index is -2.06. The Morgan fingerprint density at radius 1 is 1.23 bits per heavy atom. The number of esters is 1. The van der Waals surface area contributed by atoms with Gasteiger partial charge >= 0.3 is 12.0 Å². The summed E-state index contributed by atoms with van der Waals surface area (Å²) in [5.74, 6) is -2.32. The normalized spacial score (nSPS) is 13.0. The number of halogens is 2. The molecule has 1 N–H and O–H groups in total. The van der Waals surface area contributed by atoms with Crippen LogP contribution in [0.2, 0.25) is 18.1 Å². The Hall–Kier alpha value is -2.00. The summed E-state index contributed by atoms with van der Waals surface area (Å²) in [6.07, 6.45) is 0.498. The second-order valence-electron chi connectivity index (χ2n) is 8.82. The van der Waals surface area contributed by atoms with Gasteiger partial charge in [-0.2, -0.15) is 0 Å².